The molecule has 0 unspecified atom stereocenters. The second-order valence-corrected chi connectivity index (χ2v) is 9.65. The number of aryl methyl sites for hydroxylation is 2. The fourth-order valence-electron chi connectivity index (χ4n) is 3.34. The van der Waals surface area contributed by atoms with Crippen LogP contribution in [-0.4, -0.2) is 32.7 Å². The van der Waals surface area contributed by atoms with E-state index in [9.17, 15) is 8.42 Å². The van der Waals surface area contributed by atoms with E-state index < -0.39 is 10.0 Å². The van der Waals surface area contributed by atoms with E-state index in [1.807, 2.05) is 6.92 Å². The summed E-state index contributed by atoms with van der Waals surface area (Å²) in [5.74, 6) is 2.50. The third-order valence-corrected chi connectivity index (χ3v) is 6.79. The van der Waals surface area contributed by atoms with Crippen LogP contribution in [0.5, 0.6) is 0 Å². The number of nitrogens with zero attached hydrogens (tertiary/aromatic N) is 5. The first-order chi connectivity index (χ1) is 13.4. The lowest BCUT2D eigenvalue weighted by atomic mass is 10.3. The fraction of sp³-hybridized carbons (Fsp3) is 0.500. The number of aromatic nitrogens is 5. The van der Waals surface area contributed by atoms with E-state index in [0.717, 1.165) is 41.7 Å². The van der Waals surface area contributed by atoms with Crippen LogP contribution in [0, 0.1) is 6.92 Å². The van der Waals surface area contributed by atoms with Crippen molar-refractivity contribution in [2.75, 3.05) is 0 Å². The second kappa shape index (κ2) is 7.49. The van der Waals surface area contributed by atoms with Crippen molar-refractivity contribution in [2.45, 2.75) is 67.9 Å². The van der Waals surface area contributed by atoms with E-state index in [1.54, 1.807) is 30.0 Å². The number of benzene rings is 1. The van der Waals surface area contributed by atoms with Crippen molar-refractivity contribution < 1.29 is 8.42 Å². The number of sulfonamides is 1. The van der Waals surface area contributed by atoms with E-state index >= 15 is 0 Å². The molecule has 0 amide bonds. The number of nitrogens with two attached hydrogens (primary N) is 1. The molecule has 8 nitrogen and oxygen atoms in total. The predicted molar refractivity (Wildman–Crippen MR) is 109 cm³/mol. The molecule has 1 aliphatic rings. The SMILES string of the molecule is CCCCn1c(CSc2nnc(C)n2C2CC2)nc2cc(S(N)(=O)=O)ccc21. The van der Waals surface area contributed by atoms with Gasteiger partial charge >= 0.3 is 0 Å². The summed E-state index contributed by atoms with van der Waals surface area (Å²) in [5.41, 5.74) is 1.58. The zero-order valence-corrected chi connectivity index (χ0v) is 17.6. The van der Waals surface area contributed by atoms with Gasteiger partial charge in [-0.25, -0.2) is 18.5 Å². The van der Waals surface area contributed by atoms with Crippen LogP contribution in [-0.2, 0) is 22.3 Å². The number of thioether (sulfide) groups is 1. The largest absolute Gasteiger partial charge is 0.327 e. The Morgan fingerprint density at radius 2 is 2.07 bits per heavy atom. The molecule has 0 saturated heterocycles. The number of hydrogen-bond donors (Lipinski definition) is 1. The highest BCUT2D eigenvalue weighted by molar-refractivity contribution is 7.98. The van der Waals surface area contributed by atoms with Crippen molar-refractivity contribution in [2.24, 2.45) is 5.14 Å². The number of hydrogen-bond acceptors (Lipinski definition) is 6. The molecule has 2 aromatic heterocycles. The van der Waals surface area contributed by atoms with E-state index in [1.165, 1.54) is 12.8 Å². The first kappa shape index (κ1) is 19.4. The van der Waals surface area contributed by atoms with Crippen molar-refractivity contribution in [3.05, 3.63) is 29.8 Å². The van der Waals surface area contributed by atoms with Gasteiger partial charge in [0.25, 0.3) is 0 Å². The van der Waals surface area contributed by atoms with Crippen LogP contribution in [0.2, 0.25) is 0 Å². The van der Waals surface area contributed by atoms with Crippen LogP contribution in [0.25, 0.3) is 11.0 Å². The molecule has 1 aliphatic carbocycles. The molecule has 0 atom stereocenters. The average Bonchev–Trinajstić information content (AvgIpc) is 3.32. The van der Waals surface area contributed by atoms with Gasteiger partial charge in [-0.1, -0.05) is 25.1 Å². The molecule has 1 saturated carbocycles. The van der Waals surface area contributed by atoms with E-state index in [-0.39, 0.29) is 4.90 Å². The van der Waals surface area contributed by atoms with Gasteiger partial charge in [-0.05, 0) is 44.4 Å². The molecule has 4 rings (SSSR count). The van der Waals surface area contributed by atoms with Crippen LogP contribution in [0.15, 0.2) is 28.3 Å². The Labute approximate surface area is 168 Å². The summed E-state index contributed by atoms with van der Waals surface area (Å²) in [7, 11) is -3.75. The molecular weight excluding hydrogens is 396 g/mol. The van der Waals surface area contributed by atoms with Crippen LogP contribution in [0.3, 0.4) is 0 Å². The molecule has 0 spiro atoms. The van der Waals surface area contributed by atoms with E-state index in [2.05, 4.69) is 26.3 Å². The van der Waals surface area contributed by atoms with Gasteiger partial charge in [0.15, 0.2) is 5.16 Å². The van der Waals surface area contributed by atoms with Crippen LogP contribution < -0.4 is 5.14 Å². The summed E-state index contributed by atoms with van der Waals surface area (Å²) in [4.78, 5) is 4.80. The third kappa shape index (κ3) is 3.81. The molecule has 150 valence electrons. The minimum absolute atomic E-state index is 0.0865. The van der Waals surface area contributed by atoms with Gasteiger partial charge in [-0.3, -0.25) is 0 Å². The van der Waals surface area contributed by atoms with E-state index in [4.69, 9.17) is 10.1 Å². The number of imidazole rings is 1. The van der Waals surface area contributed by atoms with Gasteiger partial charge in [0.1, 0.15) is 11.6 Å². The van der Waals surface area contributed by atoms with Gasteiger partial charge in [0.2, 0.25) is 10.0 Å². The summed E-state index contributed by atoms with van der Waals surface area (Å²) in [6, 6.07) is 5.42. The molecule has 0 bridgehead atoms. The maximum atomic E-state index is 11.7. The summed E-state index contributed by atoms with van der Waals surface area (Å²) in [6.45, 7) is 4.97. The summed E-state index contributed by atoms with van der Waals surface area (Å²) in [6.07, 6.45) is 4.45. The molecule has 0 aliphatic heterocycles. The molecular formula is C18H24N6O2S2. The molecule has 28 heavy (non-hydrogen) atoms. The Bertz CT molecular complexity index is 1110. The summed E-state index contributed by atoms with van der Waals surface area (Å²) < 4.78 is 27.7. The van der Waals surface area contributed by atoms with Crippen LogP contribution >= 0.6 is 11.8 Å². The van der Waals surface area contributed by atoms with Gasteiger partial charge in [0, 0.05) is 12.6 Å². The highest BCUT2D eigenvalue weighted by Gasteiger charge is 2.28. The molecule has 0 radical (unpaired) electrons. The molecule has 3 aromatic rings. The zero-order valence-electron chi connectivity index (χ0n) is 16.0. The summed E-state index contributed by atoms with van der Waals surface area (Å²) in [5, 5.41) is 14.7. The molecule has 2 N–H and O–H groups in total. The Morgan fingerprint density at radius 3 is 2.75 bits per heavy atom. The quantitative estimate of drug-likeness (QED) is 0.561. The highest BCUT2D eigenvalue weighted by atomic mass is 32.2. The van der Waals surface area contributed by atoms with Crippen LogP contribution in [0.1, 0.15) is 50.3 Å². The Kier molecular flexibility index (Phi) is 5.19. The highest BCUT2D eigenvalue weighted by Crippen LogP contribution is 2.39. The number of fused-ring (bicyclic) bond motifs is 1. The molecule has 2 heterocycles. The first-order valence-corrected chi connectivity index (χ1v) is 12.0. The Balaban J connectivity index is 1.66. The third-order valence-electron chi connectivity index (χ3n) is 4.94. The molecule has 1 aromatic carbocycles. The van der Waals surface area contributed by atoms with Gasteiger partial charge < -0.3 is 9.13 Å². The lowest BCUT2D eigenvalue weighted by molar-refractivity contribution is 0.598. The van der Waals surface area contributed by atoms with Crippen molar-refractivity contribution in [3.63, 3.8) is 0 Å². The zero-order chi connectivity index (χ0) is 19.9. The first-order valence-electron chi connectivity index (χ1n) is 9.44. The van der Waals surface area contributed by atoms with E-state index in [0.29, 0.717) is 17.3 Å². The number of unbranched alkanes of at least 4 members (excludes halogenated alkanes) is 1. The topological polar surface area (TPSA) is 109 Å². The van der Waals surface area contributed by atoms with Crippen molar-refractivity contribution in [1.82, 2.24) is 24.3 Å². The fourth-order valence-corrected chi connectivity index (χ4v) is 4.87. The monoisotopic (exact) mass is 420 g/mol. The Hall–Kier alpha value is -1.91. The summed E-state index contributed by atoms with van der Waals surface area (Å²) >= 11 is 1.62. The maximum absolute atomic E-state index is 11.7. The van der Waals surface area contributed by atoms with Crippen molar-refractivity contribution >= 4 is 32.8 Å². The Morgan fingerprint density at radius 1 is 1.29 bits per heavy atom. The van der Waals surface area contributed by atoms with Gasteiger partial charge in [0.05, 0.1) is 21.7 Å². The average molecular weight is 421 g/mol. The van der Waals surface area contributed by atoms with Gasteiger partial charge in [-0.15, -0.1) is 10.2 Å². The maximum Gasteiger partial charge on any atom is 0.238 e. The number of primary sulfonamides is 1. The second-order valence-electron chi connectivity index (χ2n) is 7.15. The standard InChI is InChI=1S/C18H24N6O2S2/c1-3-4-9-23-16-8-7-14(28(19,25)26)10-15(16)20-17(23)11-27-18-22-21-12(2)24(18)13-5-6-13/h7-8,10,13H,3-6,9,11H2,1-2H3,(H2,19,25,26). The minimum atomic E-state index is -3.75. The van der Waals surface area contributed by atoms with Gasteiger partial charge in [-0.2, -0.15) is 0 Å². The molecule has 1 fully saturated rings. The van der Waals surface area contributed by atoms with Crippen molar-refractivity contribution in [1.29, 1.82) is 0 Å². The molecule has 10 heteroatoms. The van der Waals surface area contributed by atoms with Crippen LogP contribution in [0.4, 0.5) is 0 Å². The minimum Gasteiger partial charge on any atom is -0.327 e. The normalized spacial score (nSPS) is 14.8. The lowest BCUT2D eigenvalue weighted by Gasteiger charge is -2.09. The smallest absolute Gasteiger partial charge is 0.238 e. The van der Waals surface area contributed by atoms with Crippen molar-refractivity contribution in [3.8, 4) is 0 Å². The lowest BCUT2D eigenvalue weighted by Crippen LogP contribution is -2.11. The number of rotatable bonds is 8. The predicted octanol–water partition coefficient (Wildman–Crippen LogP) is 3.01.